The summed E-state index contributed by atoms with van der Waals surface area (Å²) in [6, 6.07) is 9.69. The van der Waals surface area contributed by atoms with E-state index in [1.165, 1.54) is 19.3 Å². The zero-order chi connectivity index (χ0) is 13.8. The van der Waals surface area contributed by atoms with Gasteiger partial charge >= 0.3 is 0 Å². The van der Waals surface area contributed by atoms with Crippen molar-refractivity contribution in [2.75, 3.05) is 19.7 Å². The molecule has 108 valence electrons. The van der Waals surface area contributed by atoms with Crippen LogP contribution in [0.25, 0.3) is 0 Å². The zero-order valence-electron chi connectivity index (χ0n) is 11.7. The maximum Gasteiger partial charge on any atom is 0.237 e. The van der Waals surface area contributed by atoms with E-state index in [2.05, 4.69) is 10.6 Å². The first-order chi connectivity index (χ1) is 9.84. The van der Waals surface area contributed by atoms with Crippen LogP contribution in [0.15, 0.2) is 30.3 Å². The Hall–Kier alpha value is -1.55. The van der Waals surface area contributed by atoms with Gasteiger partial charge in [-0.05, 0) is 43.4 Å². The summed E-state index contributed by atoms with van der Waals surface area (Å²) in [6.07, 6.45) is 3.74. The molecule has 1 aromatic rings. The second-order valence-corrected chi connectivity index (χ2v) is 5.69. The summed E-state index contributed by atoms with van der Waals surface area (Å²) in [5.41, 5.74) is 0. The number of nitrogens with one attached hydrogen (secondary N) is 2. The fraction of sp³-hybridized carbons (Fsp3) is 0.562. The van der Waals surface area contributed by atoms with Crippen LogP contribution in [0.5, 0.6) is 5.75 Å². The Labute approximate surface area is 119 Å². The molecular weight excluding hydrogens is 252 g/mol. The van der Waals surface area contributed by atoms with Crippen molar-refractivity contribution in [2.45, 2.75) is 25.3 Å². The van der Waals surface area contributed by atoms with Crippen molar-refractivity contribution in [3.63, 3.8) is 0 Å². The van der Waals surface area contributed by atoms with E-state index in [0.717, 1.165) is 12.3 Å². The van der Waals surface area contributed by atoms with E-state index in [1.54, 1.807) is 0 Å². The van der Waals surface area contributed by atoms with Crippen LogP contribution >= 0.6 is 0 Å². The molecule has 1 saturated heterocycles. The lowest BCUT2D eigenvalue weighted by Crippen LogP contribution is -2.44. The minimum Gasteiger partial charge on any atom is -0.492 e. The molecule has 0 spiro atoms. The molecule has 20 heavy (non-hydrogen) atoms. The molecule has 0 bridgehead atoms. The number of carbonyl (C=O) groups is 1. The van der Waals surface area contributed by atoms with Gasteiger partial charge in [0.05, 0.1) is 12.6 Å². The topological polar surface area (TPSA) is 50.4 Å². The van der Waals surface area contributed by atoms with E-state index < -0.39 is 0 Å². The van der Waals surface area contributed by atoms with Crippen LogP contribution in [0.3, 0.4) is 0 Å². The highest BCUT2D eigenvalue weighted by atomic mass is 16.5. The van der Waals surface area contributed by atoms with Crippen molar-refractivity contribution in [3.8, 4) is 5.75 Å². The van der Waals surface area contributed by atoms with Crippen molar-refractivity contribution in [1.82, 2.24) is 10.6 Å². The van der Waals surface area contributed by atoms with Crippen molar-refractivity contribution in [3.05, 3.63) is 30.3 Å². The standard InChI is InChI=1S/C16H22N2O2/c19-16(15-14-8-4-5-12(14)11-18-15)17-9-10-20-13-6-2-1-3-7-13/h1-3,6-7,12,14-15,18H,4-5,8-11H2,(H,17,19). The highest BCUT2D eigenvalue weighted by Crippen LogP contribution is 2.37. The van der Waals surface area contributed by atoms with Crippen molar-refractivity contribution in [1.29, 1.82) is 0 Å². The van der Waals surface area contributed by atoms with Crippen LogP contribution in [-0.2, 0) is 4.79 Å². The lowest BCUT2D eigenvalue weighted by molar-refractivity contribution is -0.123. The summed E-state index contributed by atoms with van der Waals surface area (Å²) in [6.45, 7) is 2.07. The van der Waals surface area contributed by atoms with E-state index in [4.69, 9.17) is 4.74 Å². The molecule has 1 saturated carbocycles. The van der Waals surface area contributed by atoms with Crippen LogP contribution in [-0.4, -0.2) is 31.6 Å². The van der Waals surface area contributed by atoms with Gasteiger partial charge in [0.15, 0.2) is 0 Å². The fourth-order valence-corrected chi connectivity index (χ4v) is 3.44. The number of amides is 1. The number of carbonyl (C=O) groups excluding carboxylic acids is 1. The van der Waals surface area contributed by atoms with Gasteiger partial charge in [-0.3, -0.25) is 4.79 Å². The molecule has 0 aromatic heterocycles. The van der Waals surface area contributed by atoms with Crippen LogP contribution in [0.1, 0.15) is 19.3 Å². The van der Waals surface area contributed by atoms with Gasteiger partial charge in [0.1, 0.15) is 12.4 Å². The predicted molar refractivity (Wildman–Crippen MR) is 77.6 cm³/mol. The van der Waals surface area contributed by atoms with E-state index in [9.17, 15) is 4.79 Å². The van der Waals surface area contributed by atoms with E-state index in [-0.39, 0.29) is 11.9 Å². The molecule has 1 aromatic carbocycles. The van der Waals surface area contributed by atoms with Crippen molar-refractivity contribution in [2.24, 2.45) is 11.8 Å². The van der Waals surface area contributed by atoms with Crippen LogP contribution in [0.4, 0.5) is 0 Å². The van der Waals surface area contributed by atoms with Gasteiger partial charge in [-0.15, -0.1) is 0 Å². The summed E-state index contributed by atoms with van der Waals surface area (Å²) < 4.78 is 5.57. The largest absolute Gasteiger partial charge is 0.492 e. The minimum atomic E-state index is 0.0132. The third-order valence-electron chi connectivity index (χ3n) is 4.44. The molecule has 4 heteroatoms. The van der Waals surface area contributed by atoms with E-state index >= 15 is 0 Å². The Bertz CT molecular complexity index is 449. The first kappa shape index (κ1) is 13.4. The van der Waals surface area contributed by atoms with E-state index in [1.807, 2.05) is 30.3 Å². The molecule has 2 N–H and O–H groups in total. The Kier molecular flexibility index (Phi) is 4.21. The number of benzene rings is 1. The van der Waals surface area contributed by atoms with Crippen LogP contribution in [0, 0.1) is 11.8 Å². The third kappa shape index (κ3) is 2.96. The van der Waals surface area contributed by atoms with Crippen LogP contribution in [0.2, 0.25) is 0 Å². The van der Waals surface area contributed by atoms with Crippen molar-refractivity contribution < 1.29 is 9.53 Å². The fourth-order valence-electron chi connectivity index (χ4n) is 3.44. The minimum absolute atomic E-state index is 0.0132. The van der Waals surface area contributed by atoms with Gasteiger partial charge in [0.25, 0.3) is 0 Å². The Morgan fingerprint density at radius 2 is 2.15 bits per heavy atom. The van der Waals surface area contributed by atoms with E-state index in [0.29, 0.717) is 25.0 Å². The highest BCUT2D eigenvalue weighted by molar-refractivity contribution is 5.82. The Balaban J connectivity index is 1.39. The molecule has 1 heterocycles. The maximum absolute atomic E-state index is 12.2. The molecule has 0 radical (unpaired) electrons. The smallest absolute Gasteiger partial charge is 0.237 e. The normalized spacial score (nSPS) is 28.1. The number of rotatable bonds is 5. The molecule has 3 unspecified atom stereocenters. The summed E-state index contributed by atoms with van der Waals surface area (Å²) in [4.78, 5) is 12.2. The van der Waals surface area contributed by atoms with Gasteiger partial charge in [-0.2, -0.15) is 0 Å². The second-order valence-electron chi connectivity index (χ2n) is 5.69. The number of para-hydroxylation sites is 1. The Morgan fingerprint density at radius 3 is 3.00 bits per heavy atom. The summed E-state index contributed by atoms with van der Waals surface area (Å²) in [5, 5.41) is 6.35. The molecule has 2 fully saturated rings. The monoisotopic (exact) mass is 274 g/mol. The third-order valence-corrected chi connectivity index (χ3v) is 4.44. The molecule has 1 amide bonds. The number of ether oxygens (including phenoxy) is 1. The molecule has 3 rings (SSSR count). The second kappa shape index (κ2) is 6.27. The van der Waals surface area contributed by atoms with Gasteiger partial charge < -0.3 is 15.4 Å². The average molecular weight is 274 g/mol. The lowest BCUT2D eigenvalue weighted by Gasteiger charge is -2.17. The maximum atomic E-state index is 12.2. The molecule has 3 atom stereocenters. The molecule has 2 aliphatic rings. The summed E-state index contributed by atoms with van der Waals surface area (Å²) in [5.74, 6) is 2.24. The van der Waals surface area contributed by atoms with Gasteiger partial charge in [0.2, 0.25) is 5.91 Å². The SMILES string of the molecule is O=C(NCCOc1ccccc1)C1NCC2CCCC21. The van der Waals surface area contributed by atoms with Gasteiger partial charge in [-0.25, -0.2) is 0 Å². The van der Waals surface area contributed by atoms with Crippen molar-refractivity contribution >= 4 is 5.91 Å². The number of hydrogen-bond acceptors (Lipinski definition) is 3. The molecule has 1 aliphatic carbocycles. The lowest BCUT2D eigenvalue weighted by atomic mass is 9.94. The average Bonchev–Trinajstić information content (AvgIpc) is 3.07. The summed E-state index contributed by atoms with van der Waals surface area (Å²) in [7, 11) is 0. The zero-order valence-corrected chi connectivity index (χ0v) is 11.7. The first-order valence-corrected chi connectivity index (χ1v) is 7.53. The predicted octanol–water partition coefficient (Wildman–Crippen LogP) is 1.57. The number of fused-ring (bicyclic) bond motifs is 1. The molecule has 1 aliphatic heterocycles. The molecule has 4 nitrogen and oxygen atoms in total. The first-order valence-electron chi connectivity index (χ1n) is 7.53. The number of hydrogen-bond donors (Lipinski definition) is 2. The highest BCUT2D eigenvalue weighted by Gasteiger charge is 2.42. The Morgan fingerprint density at radius 1 is 1.30 bits per heavy atom. The van der Waals surface area contributed by atoms with Crippen LogP contribution < -0.4 is 15.4 Å². The van der Waals surface area contributed by atoms with Gasteiger partial charge in [0, 0.05) is 0 Å². The quantitative estimate of drug-likeness (QED) is 0.801. The summed E-state index contributed by atoms with van der Waals surface area (Å²) >= 11 is 0. The molecular formula is C16H22N2O2. The van der Waals surface area contributed by atoms with Gasteiger partial charge in [-0.1, -0.05) is 24.6 Å².